The monoisotopic (exact) mass is 743 g/mol. The highest BCUT2D eigenvalue weighted by Crippen LogP contribution is 2.36. The summed E-state index contributed by atoms with van der Waals surface area (Å²) in [5.74, 6) is -0.914. The van der Waals surface area contributed by atoms with Crippen LogP contribution in [0.4, 0.5) is 0 Å². The Labute approximate surface area is 313 Å². The van der Waals surface area contributed by atoms with Crippen LogP contribution in [0.25, 0.3) is 0 Å². The fraction of sp³-hybridized carbons (Fsp3) is 0.857. The number of hydrogen-bond donors (Lipinski definition) is 2. The maximum atomic E-state index is 12.4. The molecule has 0 aliphatic rings. The summed E-state index contributed by atoms with van der Waals surface area (Å²) < 4.78 is 26.3. The van der Waals surface area contributed by atoms with E-state index in [9.17, 15) is 14.2 Å². The molecular weight excluding hydrogens is 663 g/mol. The molecule has 0 saturated carbocycles. The summed E-state index contributed by atoms with van der Waals surface area (Å²) in [4.78, 5) is 42.8. The van der Waals surface area contributed by atoms with Crippen molar-refractivity contribution in [2.24, 2.45) is 0 Å². The molecule has 0 amide bonds. The van der Waals surface area contributed by atoms with Crippen LogP contribution in [0, 0.1) is 0 Å². The van der Waals surface area contributed by atoms with Crippen LogP contribution < -0.4 is 0 Å². The zero-order valence-electron chi connectivity index (χ0n) is 33.0. The van der Waals surface area contributed by atoms with Gasteiger partial charge in [0.2, 0.25) is 0 Å². The number of allylic oxidation sites excluding steroid dienone is 4. The number of phosphoric acid groups is 1. The lowest BCUT2D eigenvalue weighted by molar-refractivity contribution is -0.161. The van der Waals surface area contributed by atoms with Gasteiger partial charge in [0, 0.05) is 12.8 Å². The van der Waals surface area contributed by atoms with Crippen LogP contribution in [0.15, 0.2) is 24.3 Å². The van der Waals surface area contributed by atoms with Gasteiger partial charge in [-0.3, -0.25) is 14.1 Å². The number of ether oxygens (including phenoxy) is 2. The Morgan fingerprint density at radius 3 is 1.33 bits per heavy atom. The highest BCUT2D eigenvalue weighted by atomic mass is 31.2. The predicted octanol–water partition coefficient (Wildman–Crippen LogP) is 12.8. The molecule has 1 atom stereocenters. The van der Waals surface area contributed by atoms with Crippen LogP contribution >= 0.6 is 7.82 Å². The van der Waals surface area contributed by atoms with Crippen LogP contribution in [0.1, 0.15) is 213 Å². The minimum atomic E-state index is -4.76. The van der Waals surface area contributed by atoms with E-state index in [0.29, 0.717) is 6.42 Å². The van der Waals surface area contributed by atoms with Gasteiger partial charge in [0.05, 0.1) is 6.61 Å². The fourth-order valence-electron chi connectivity index (χ4n) is 6.05. The molecule has 0 unspecified atom stereocenters. The Morgan fingerprint density at radius 1 is 0.510 bits per heavy atom. The molecule has 0 aromatic rings. The van der Waals surface area contributed by atoms with E-state index in [0.717, 1.165) is 44.9 Å². The average Bonchev–Trinajstić information content (AvgIpc) is 3.10. The minimum Gasteiger partial charge on any atom is -0.462 e. The highest BCUT2D eigenvalue weighted by molar-refractivity contribution is 7.46. The van der Waals surface area contributed by atoms with Gasteiger partial charge in [0.25, 0.3) is 0 Å². The van der Waals surface area contributed by atoms with E-state index >= 15 is 0 Å². The van der Waals surface area contributed by atoms with Gasteiger partial charge in [-0.15, -0.1) is 0 Å². The van der Waals surface area contributed by atoms with Crippen molar-refractivity contribution in [1.82, 2.24) is 0 Å². The third-order valence-electron chi connectivity index (χ3n) is 9.22. The number of esters is 2. The standard InChI is InChI=1S/C42H79O8P/c1-3-5-7-9-11-13-15-17-19-20-21-23-24-26-28-30-32-34-36-41(43)48-38-40(39-49-51(45,46)47)50-42(44)37-35-33-31-29-27-25-22-18-16-14-12-10-8-6-4-2/h18,22,27,29,40H,3-17,19-21,23-26,28,30-39H2,1-2H3,(H2,45,46,47)/b22-18+,29-27+/t40-/m1/s1. The van der Waals surface area contributed by atoms with Gasteiger partial charge >= 0.3 is 19.8 Å². The van der Waals surface area contributed by atoms with Gasteiger partial charge in [-0.25, -0.2) is 4.57 Å². The third kappa shape index (κ3) is 41.2. The minimum absolute atomic E-state index is 0.172. The van der Waals surface area contributed by atoms with Gasteiger partial charge in [0.15, 0.2) is 6.10 Å². The number of carbonyl (C=O) groups is 2. The number of unbranched alkanes of at least 4 members (excludes halogenated alkanes) is 25. The van der Waals surface area contributed by atoms with Crippen molar-refractivity contribution in [3.05, 3.63) is 24.3 Å². The smallest absolute Gasteiger partial charge is 0.462 e. The van der Waals surface area contributed by atoms with E-state index in [1.165, 1.54) is 135 Å². The molecule has 0 radical (unpaired) electrons. The summed E-state index contributed by atoms with van der Waals surface area (Å²) in [6.45, 7) is 3.67. The maximum absolute atomic E-state index is 12.4. The SMILES string of the molecule is CCCCCCCC/C=C/C/C=C/CCCCC(=O)O[C@H](COC(=O)CCCCCCCCCCCCCCCCCCCC)COP(=O)(O)O. The second kappa shape index (κ2) is 38.3. The van der Waals surface area contributed by atoms with Crippen molar-refractivity contribution in [2.75, 3.05) is 13.2 Å². The maximum Gasteiger partial charge on any atom is 0.469 e. The molecule has 0 heterocycles. The lowest BCUT2D eigenvalue weighted by atomic mass is 10.0. The Kier molecular flexibility index (Phi) is 37.2. The summed E-state index contributed by atoms with van der Waals surface area (Å²) in [7, 11) is -4.76. The summed E-state index contributed by atoms with van der Waals surface area (Å²) in [5.41, 5.74) is 0. The lowest BCUT2D eigenvalue weighted by Gasteiger charge is -2.18. The molecule has 0 aliphatic heterocycles. The topological polar surface area (TPSA) is 119 Å². The predicted molar refractivity (Wildman–Crippen MR) is 212 cm³/mol. The molecule has 0 spiro atoms. The lowest BCUT2D eigenvalue weighted by Crippen LogP contribution is -2.29. The van der Waals surface area contributed by atoms with Crippen LogP contribution in [-0.2, 0) is 28.2 Å². The van der Waals surface area contributed by atoms with Crippen molar-refractivity contribution in [3.63, 3.8) is 0 Å². The molecule has 9 heteroatoms. The molecular formula is C42H79O8P. The van der Waals surface area contributed by atoms with Gasteiger partial charge in [0.1, 0.15) is 6.61 Å². The van der Waals surface area contributed by atoms with Crippen molar-refractivity contribution in [1.29, 1.82) is 0 Å². The Bertz CT molecular complexity index is 884. The first-order chi connectivity index (χ1) is 24.8. The molecule has 0 bridgehead atoms. The summed E-state index contributed by atoms with van der Waals surface area (Å²) in [6, 6.07) is 0. The third-order valence-corrected chi connectivity index (χ3v) is 9.71. The molecule has 0 aromatic carbocycles. The zero-order valence-corrected chi connectivity index (χ0v) is 33.9. The molecule has 0 aromatic heterocycles. The molecule has 8 nitrogen and oxygen atoms in total. The number of rotatable bonds is 39. The van der Waals surface area contributed by atoms with Crippen LogP contribution in [0.2, 0.25) is 0 Å². The van der Waals surface area contributed by atoms with Gasteiger partial charge in [-0.1, -0.05) is 179 Å². The van der Waals surface area contributed by atoms with E-state index in [-0.39, 0.29) is 19.4 Å². The normalized spacial score (nSPS) is 12.6. The molecule has 0 rings (SSSR count). The van der Waals surface area contributed by atoms with Crippen molar-refractivity contribution >= 4 is 19.8 Å². The molecule has 0 saturated heterocycles. The Morgan fingerprint density at radius 2 is 0.882 bits per heavy atom. The zero-order chi connectivity index (χ0) is 37.5. The van der Waals surface area contributed by atoms with Crippen LogP contribution in [0.5, 0.6) is 0 Å². The quantitative estimate of drug-likeness (QED) is 0.0276. The van der Waals surface area contributed by atoms with Crippen molar-refractivity contribution in [2.45, 2.75) is 219 Å². The molecule has 0 fully saturated rings. The van der Waals surface area contributed by atoms with E-state index in [4.69, 9.17) is 19.3 Å². The fourth-order valence-corrected chi connectivity index (χ4v) is 6.41. The van der Waals surface area contributed by atoms with Crippen molar-refractivity contribution < 1.29 is 37.9 Å². The first kappa shape index (κ1) is 49.5. The summed E-state index contributed by atoms with van der Waals surface area (Å²) >= 11 is 0. The van der Waals surface area contributed by atoms with Crippen LogP contribution in [0.3, 0.4) is 0 Å². The Balaban J connectivity index is 3.92. The van der Waals surface area contributed by atoms with E-state index in [2.05, 4.69) is 42.7 Å². The molecule has 300 valence electrons. The first-order valence-electron chi connectivity index (χ1n) is 21.1. The van der Waals surface area contributed by atoms with Gasteiger partial charge in [-0.05, 0) is 44.9 Å². The van der Waals surface area contributed by atoms with E-state index in [1.807, 2.05) is 0 Å². The first-order valence-corrected chi connectivity index (χ1v) is 22.7. The number of carbonyl (C=O) groups excluding carboxylic acids is 2. The van der Waals surface area contributed by atoms with Crippen molar-refractivity contribution in [3.8, 4) is 0 Å². The second-order valence-corrected chi connectivity index (χ2v) is 15.6. The highest BCUT2D eigenvalue weighted by Gasteiger charge is 2.22. The molecule has 2 N–H and O–H groups in total. The van der Waals surface area contributed by atoms with Gasteiger partial charge < -0.3 is 19.3 Å². The van der Waals surface area contributed by atoms with Crippen LogP contribution in [-0.4, -0.2) is 41.0 Å². The molecule has 51 heavy (non-hydrogen) atoms. The van der Waals surface area contributed by atoms with Gasteiger partial charge in [-0.2, -0.15) is 0 Å². The average molecular weight is 743 g/mol. The number of hydrogen-bond acceptors (Lipinski definition) is 6. The second-order valence-electron chi connectivity index (χ2n) is 14.3. The van der Waals surface area contributed by atoms with E-state index in [1.54, 1.807) is 0 Å². The number of phosphoric ester groups is 1. The van der Waals surface area contributed by atoms with E-state index < -0.39 is 32.5 Å². The Hall–Kier alpha value is -1.47. The largest absolute Gasteiger partial charge is 0.469 e. The summed E-state index contributed by atoms with van der Waals surface area (Å²) in [6.07, 6.45) is 43.3. The molecule has 0 aliphatic carbocycles. The summed E-state index contributed by atoms with van der Waals surface area (Å²) in [5, 5.41) is 0.